The van der Waals surface area contributed by atoms with Crippen LogP contribution in [-0.4, -0.2) is 40.4 Å². The number of aliphatic carboxylic acids is 1. The standard InChI is InChI=1S/C31H46N2O4/c1-20-24(23-13-11-22(12-14-23)19-36-29(3,4)5)26(33-17-15-31(9,10)16-18-33)25(21(2)32-20)27(28(34)35)37-30(6,7)8/h11-14,27H,15-19H2,1-10H3,(H,34,35)/t27-/m0/s1. The number of hydrogen-bond acceptors (Lipinski definition) is 5. The van der Waals surface area contributed by atoms with Gasteiger partial charge in [0.15, 0.2) is 6.10 Å². The lowest BCUT2D eigenvalue weighted by atomic mass is 9.81. The first kappa shape index (κ1) is 29.1. The smallest absolute Gasteiger partial charge is 0.337 e. The van der Waals surface area contributed by atoms with Crippen LogP contribution in [0.3, 0.4) is 0 Å². The third-order valence-electron chi connectivity index (χ3n) is 6.88. The second-order valence-electron chi connectivity index (χ2n) is 13.1. The number of carboxylic acid groups (broad SMARTS) is 1. The van der Waals surface area contributed by atoms with Crippen LogP contribution in [-0.2, 0) is 20.9 Å². The largest absolute Gasteiger partial charge is 0.479 e. The van der Waals surface area contributed by atoms with Crippen LogP contribution in [0.1, 0.15) is 96.9 Å². The van der Waals surface area contributed by atoms with Crippen LogP contribution in [0.2, 0.25) is 0 Å². The average Bonchev–Trinajstić information content (AvgIpc) is 2.75. The van der Waals surface area contributed by atoms with Crippen molar-refractivity contribution in [3.05, 3.63) is 46.8 Å². The Labute approximate surface area is 223 Å². The summed E-state index contributed by atoms with van der Waals surface area (Å²) in [5, 5.41) is 10.3. The number of nitrogens with zero attached hydrogens (tertiary/aromatic N) is 2. The molecule has 37 heavy (non-hydrogen) atoms. The van der Waals surface area contributed by atoms with E-state index in [1.54, 1.807) is 0 Å². The number of pyridine rings is 1. The molecule has 1 N–H and O–H groups in total. The lowest BCUT2D eigenvalue weighted by Gasteiger charge is -2.41. The van der Waals surface area contributed by atoms with Crippen molar-refractivity contribution in [2.24, 2.45) is 5.41 Å². The van der Waals surface area contributed by atoms with E-state index in [0.717, 1.165) is 54.0 Å². The molecule has 1 aliphatic heterocycles. The lowest BCUT2D eigenvalue weighted by Crippen LogP contribution is -2.39. The zero-order valence-electron chi connectivity index (χ0n) is 24.5. The molecule has 0 spiro atoms. The molecule has 0 aliphatic carbocycles. The van der Waals surface area contributed by atoms with E-state index in [9.17, 15) is 9.90 Å². The lowest BCUT2D eigenvalue weighted by molar-refractivity contribution is -0.160. The van der Waals surface area contributed by atoms with Crippen LogP contribution in [0.25, 0.3) is 11.1 Å². The number of carboxylic acids is 1. The monoisotopic (exact) mass is 510 g/mol. The Kier molecular flexibility index (Phi) is 8.45. The second kappa shape index (κ2) is 10.7. The summed E-state index contributed by atoms with van der Waals surface area (Å²) in [6, 6.07) is 8.37. The third-order valence-corrected chi connectivity index (χ3v) is 6.88. The molecule has 1 fully saturated rings. The van der Waals surface area contributed by atoms with Gasteiger partial charge in [0, 0.05) is 35.6 Å². The zero-order chi connectivity index (χ0) is 27.8. The van der Waals surface area contributed by atoms with Crippen molar-refractivity contribution >= 4 is 11.7 Å². The first-order valence-corrected chi connectivity index (χ1v) is 13.4. The summed E-state index contributed by atoms with van der Waals surface area (Å²) in [6.45, 7) is 22.6. The number of rotatable bonds is 7. The predicted octanol–water partition coefficient (Wildman–Crippen LogP) is 7.25. The highest BCUT2D eigenvalue weighted by Crippen LogP contribution is 2.44. The molecule has 2 aromatic rings. The Hall–Kier alpha value is -2.44. The first-order chi connectivity index (χ1) is 17.0. The Bertz CT molecular complexity index is 1100. The van der Waals surface area contributed by atoms with Gasteiger partial charge in [-0.25, -0.2) is 4.79 Å². The number of benzene rings is 1. The molecule has 1 aromatic carbocycles. The first-order valence-electron chi connectivity index (χ1n) is 13.4. The Morgan fingerprint density at radius 3 is 2.05 bits per heavy atom. The molecular formula is C31H46N2O4. The van der Waals surface area contributed by atoms with Gasteiger partial charge in [0.05, 0.1) is 23.5 Å². The summed E-state index contributed by atoms with van der Waals surface area (Å²) >= 11 is 0. The summed E-state index contributed by atoms with van der Waals surface area (Å²) in [5.41, 5.74) is 5.70. The van der Waals surface area contributed by atoms with Crippen LogP contribution < -0.4 is 4.90 Å². The van der Waals surface area contributed by atoms with Gasteiger partial charge < -0.3 is 19.5 Å². The van der Waals surface area contributed by atoms with Crippen LogP contribution in [0.5, 0.6) is 0 Å². The number of hydrogen-bond donors (Lipinski definition) is 1. The molecule has 1 aliphatic rings. The SMILES string of the molecule is Cc1nc(C)c([C@H](OC(C)(C)C)C(=O)O)c(N2CCC(C)(C)CC2)c1-c1ccc(COC(C)(C)C)cc1. The zero-order valence-corrected chi connectivity index (χ0v) is 24.5. The fourth-order valence-corrected chi connectivity index (χ4v) is 4.82. The minimum Gasteiger partial charge on any atom is -0.479 e. The normalized spacial score (nSPS) is 17.1. The van der Waals surface area contributed by atoms with E-state index in [0.29, 0.717) is 17.9 Å². The van der Waals surface area contributed by atoms with Crippen molar-refractivity contribution in [1.82, 2.24) is 4.98 Å². The number of ether oxygens (including phenoxy) is 2. The van der Waals surface area contributed by atoms with Crippen molar-refractivity contribution in [2.75, 3.05) is 18.0 Å². The summed E-state index contributed by atoms with van der Waals surface area (Å²) in [5.74, 6) is -0.997. The van der Waals surface area contributed by atoms with Crippen molar-refractivity contribution in [3.8, 4) is 11.1 Å². The van der Waals surface area contributed by atoms with Gasteiger partial charge in [0.1, 0.15) is 0 Å². The number of aryl methyl sites for hydroxylation is 2. The Morgan fingerprint density at radius 2 is 1.57 bits per heavy atom. The van der Waals surface area contributed by atoms with Crippen molar-refractivity contribution in [3.63, 3.8) is 0 Å². The molecule has 0 bridgehead atoms. The van der Waals surface area contributed by atoms with Crippen molar-refractivity contribution in [2.45, 2.75) is 106 Å². The minimum atomic E-state index is -1.11. The van der Waals surface area contributed by atoms with E-state index in [2.05, 4.69) is 63.8 Å². The molecular weight excluding hydrogens is 464 g/mol. The molecule has 204 valence electrons. The maximum Gasteiger partial charge on any atom is 0.337 e. The molecule has 0 radical (unpaired) electrons. The van der Waals surface area contributed by atoms with Crippen molar-refractivity contribution < 1.29 is 19.4 Å². The Morgan fingerprint density at radius 1 is 1.00 bits per heavy atom. The van der Waals surface area contributed by atoms with Crippen LogP contribution in [0, 0.1) is 19.3 Å². The summed E-state index contributed by atoms with van der Waals surface area (Å²) in [4.78, 5) is 19.8. The molecule has 0 unspecified atom stereocenters. The van der Waals surface area contributed by atoms with Gasteiger partial charge in [-0.05, 0) is 84.8 Å². The summed E-state index contributed by atoms with van der Waals surface area (Å²) in [6.07, 6.45) is 0.955. The number of carbonyl (C=O) groups is 1. The molecule has 0 amide bonds. The van der Waals surface area contributed by atoms with Gasteiger partial charge >= 0.3 is 5.97 Å². The fourth-order valence-electron chi connectivity index (χ4n) is 4.82. The van der Waals surface area contributed by atoms with E-state index >= 15 is 0 Å². The van der Waals surface area contributed by atoms with E-state index < -0.39 is 17.7 Å². The van der Waals surface area contributed by atoms with Crippen LogP contribution in [0.15, 0.2) is 24.3 Å². The van der Waals surface area contributed by atoms with Crippen LogP contribution >= 0.6 is 0 Å². The van der Waals surface area contributed by atoms with Crippen LogP contribution in [0.4, 0.5) is 5.69 Å². The van der Waals surface area contributed by atoms with E-state index in [-0.39, 0.29) is 11.0 Å². The molecule has 0 saturated carbocycles. The van der Waals surface area contributed by atoms with Gasteiger partial charge in [-0.1, -0.05) is 38.1 Å². The van der Waals surface area contributed by atoms with E-state index in [1.165, 1.54) is 0 Å². The Balaban J connectivity index is 2.18. The summed E-state index contributed by atoms with van der Waals surface area (Å²) < 4.78 is 12.1. The highest BCUT2D eigenvalue weighted by molar-refractivity contribution is 5.88. The average molecular weight is 511 g/mol. The minimum absolute atomic E-state index is 0.209. The molecule has 3 rings (SSSR count). The predicted molar refractivity (Wildman–Crippen MR) is 150 cm³/mol. The molecule has 1 saturated heterocycles. The van der Waals surface area contributed by atoms with Gasteiger partial charge in [-0.2, -0.15) is 0 Å². The quantitative estimate of drug-likeness (QED) is 0.423. The topological polar surface area (TPSA) is 71.9 Å². The molecule has 6 nitrogen and oxygen atoms in total. The van der Waals surface area contributed by atoms with E-state index in [1.807, 2.05) is 34.6 Å². The van der Waals surface area contributed by atoms with Crippen molar-refractivity contribution in [1.29, 1.82) is 0 Å². The number of aromatic nitrogens is 1. The number of anilines is 1. The maximum absolute atomic E-state index is 12.6. The molecule has 1 aromatic heterocycles. The highest BCUT2D eigenvalue weighted by atomic mass is 16.5. The second-order valence-corrected chi connectivity index (χ2v) is 13.1. The van der Waals surface area contributed by atoms with Gasteiger partial charge in [0.25, 0.3) is 0 Å². The summed E-state index contributed by atoms with van der Waals surface area (Å²) in [7, 11) is 0. The van der Waals surface area contributed by atoms with E-state index in [4.69, 9.17) is 14.5 Å². The molecule has 2 heterocycles. The third kappa shape index (κ3) is 7.55. The molecule has 1 atom stereocenters. The molecule has 6 heteroatoms. The highest BCUT2D eigenvalue weighted by Gasteiger charge is 2.36. The van der Waals surface area contributed by atoms with Gasteiger partial charge in [0.2, 0.25) is 0 Å². The van der Waals surface area contributed by atoms with Gasteiger partial charge in [-0.3, -0.25) is 4.98 Å². The fraction of sp³-hybridized carbons (Fsp3) is 0.613. The van der Waals surface area contributed by atoms with Gasteiger partial charge in [-0.15, -0.1) is 0 Å². The maximum atomic E-state index is 12.6. The number of piperidine rings is 1.